The van der Waals surface area contributed by atoms with Crippen molar-refractivity contribution in [2.24, 2.45) is 0 Å². The zero-order valence-electron chi connectivity index (χ0n) is 13.9. The Labute approximate surface area is 152 Å². The number of fused-ring (bicyclic) bond motifs is 1. The predicted octanol–water partition coefficient (Wildman–Crippen LogP) is -0.457. The summed E-state index contributed by atoms with van der Waals surface area (Å²) in [4.78, 5) is 58.1. The number of esters is 1. The van der Waals surface area contributed by atoms with E-state index in [9.17, 15) is 29.1 Å². The van der Waals surface area contributed by atoms with Gasteiger partial charge in [-0.05, 0) is 6.42 Å². The number of amides is 2. The fraction of sp³-hybridized carbons (Fsp3) is 0.533. The minimum Gasteiger partial charge on any atom is -0.481 e. The van der Waals surface area contributed by atoms with E-state index in [0.29, 0.717) is 5.57 Å². The Morgan fingerprint density at radius 1 is 1.27 bits per heavy atom. The Kier molecular flexibility index (Phi) is 6.24. The van der Waals surface area contributed by atoms with Crippen LogP contribution < -0.4 is 5.32 Å². The van der Waals surface area contributed by atoms with Crippen LogP contribution in [-0.2, 0) is 28.7 Å². The molecule has 0 saturated carbocycles. The first kappa shape index (κ1) is 19.8. The summed E-state index contributed by atoms with van der Waals surface area (Å²) in [5, 5.41) is 19.9. The highest BCUT2D eigenvalue weighted by molar-refractivity contribution is 8.00. The summed E-state index contributed by atoms with van der Waals surface area (Å²) in [5.41, 5.74) is 0.0879. The van der Waals surface area contributed by atoms with Crippen LogP contribution in [0.3, 0.4) is 0 Å². The van der Waals surface area contributed by atoms with Gasteiger partial charge in [-0.3, -0.25) is 24.1 Å². The molecule has 142 valence electrons. The maximum Gasteiger partial charge on any atom is 0.352 e. The van der Waals surface area contributed by atoms with Gasteiger partial charge in [0.25, 0.3) is 5.91 Å². The number of carboxylic acid groups (broad SMARTS) is 2. The Hall–Kier alpha value is -2.56. The number of ether oxygens (including phenoxy) is 1. The first-order valence-electron chi connectivity index (χ1n) is 7.77. The van der Waals surface area contributed by atoms with Crippen LogP contribution in [-0.4, -0.2) is 68.6 Å². The molecule has 11 heteroatoms. The number of hydrogen-bond donors (Lipinski definition) is 3. The molecule has 3 N–H and O–H groups in total. The highest BCUT2D eigenvalue weighted by Crippen LogP contribution is 2.40. The molecule has 10 nitrogen and oxygen atoms in total. The summed E-state index contributed by atoms with van der Waals surface area (Å²) in [7, 11) is 0. The van der Waals surface area contributed by atoms with Gasteiger partial charge in [0.15, 0.2) is 0 Å². The highest BCUT2D eigenvalue weighted by Gasteiger charge is 2.54. The minimum atomic E-state index is -1.31. The normalized spacial score (nSPS) is 21.6. The molecule has 2 rings (SSSR count). The number of thioether (sulfide) groups is 1. The number of aliphatic carboxylic acids is 2. The van der Waals surface area contributed by atoms with E-state index in [-0.39, 0.29) is 37.3 Å². The van der Waals surface area contributed by atoms with Crippen molar-refractivity contribution in [1.82, 2.24) is 10.2 Å². The third-order valence-electron chi connectivity index (χ3n) is 3.81. The molecule has 0 radical (unpaired) electrons. The molecule has 2 amide bonds. The van der Waals surface area contributed by atoms with Crippen molar-refractivity contribution in [2.45, 2.75) is 37.6 Å². The smallest absolute Gasteiger partial charge is 0.352 e. The average Bonchev–Trinajstić information content (AvgIpc) is 2.56. The van der Waals surface area contributed by atoms with Gasteiger partial charge in [0, 0.05) is 31.1 Å². The second-order valence-electron chi connectivity index (χ2n) is 5.74. The lowest BCUT2D eigenvalue weighted by Gasteiger charge is -2.49. The van der Waals surface area contributed by atoms with Crippen LogP contribution in [0.2, 0.25) is 0 Å². The lowest BCUT2D eigenvalue weighted by molar-refractivity contribution is -0.151. The number of β-lactam (4-membered cyclic amide) rings is 1. The van der Waals surface area contributed by atoms with Crippen LogP contribution in [0, 0.1) is 0 Å². The average molecular weight is 386 g/mol. The van der Waals surface area contributed by atoms with E-state index in [1.54, 1.807) is 0 Å². The third-order valence-corrected chi connectivity index (χ3v) is 5.15. The van der Waals surface area contributed by atoms with Gasteiger partial charge in [0.1, 0.15) is 23.7 Å². The van der Waals surface area contributed by atoms with E-state index in [2.05, 4.69) is 5.32 Å². The quantitative estimate of drug-likeness (QED) is 0.372. The molecule has 0 aromatic carbocycles. The van der Waals surface area contributed by atoms with E-state index < -0.39 is 41.1 Å². The number of nitrogens with one attached hydrogen (secondary N) is 1. The summed E-state index contributed by atoms with van der Waals surface area (Å²) in [6.07, 6.45) is -0.0368. The van der Waals surface area contributed by atoms with Crippen LogP contribution in [0.1, 0.15) is 26.2 Å². The Morgan fingerprint density at radius 3 is 2.54 bits per heavy atom. The molecule has 2 aliphatic heterocycles. The van der Waals surface area contributed by atoms with Crippen LogP contribution in [0.4, 0.5) is 0 Å². The van der Waals surface area contributed by atoms with Gasteiger partial charge in [-0.15, -0.1) is 11.8 Å². The van der Waals surface area contributed by atoms with E-state index in [1.165, 1.54) is 18.7 Å². The van der Waals surface area contributed by atoms with Crippen molar-refractivity contribution in [3.8, 4) is 0 Å². The van der Waals surface area contributed by atoms with Crippen LogP contribution in [0.5, 0.6) is 0 Å². The molecular formula is C15H18N2O8S. The van der Waals surface area contributed by atoms with Crippen LogP contribution in [0.25, 0.3) is 0 Å². The van der Waals surface area contributed by atoms with Crippen molar-refractivity contribution >= 4 is 41.5 Å². The molecule has 1 saturated heterocycles. The maximum atomic E-state index is 12.3. The summed E-state index contributed by atoms with van der Waals surface area (Å²) in [6, 6.07) is -0.859. The topological polar surface area (TPSA) is 150 Å². The van der Waals surface area contributed by atoms with Gasteiger partial charge in [-0.1, -0.05) is 0 Å². The van der Waals surface area contributed by atoms with Crippen molar-refractivity contribution in [3.05, 3.63) is 11.3 Å². The second-order valence-corrected chi connectivity index (χ2v) is 6.84. The summed E-state index contributed by atoms with van der Waals surface area (Å²) in [6.45, 7) is 0.983. The molecular weight excluding hydrogens is 368 g/mol. The number of nitrogens with zero attached hydrogens (tertiary/aromatic N) is 1. The molecule has 1 unspecified atom stereocenters. The van der Waals surface area contributed by atoms with Gasteiger partial charge in [0.2, 0.25) is 5.91 Å². The summed E-state index contributed by atoms with van der Waals surface area (Å²) in [5.74, 6) is -3.66. The van der Waals surface area contributed by atoms with Crippen LogP contribution >= 0.6 is 11.8 Å². The lowest BCUT2D eigenvalue weighted by Crippen LogP contribution is -2.70. The Balaban J connectivity index is 2.02. The third kappa shape index (κ3) is 4.34. The maximum absolute atomic E-state index is 12.3. The zero-order valence-corrected chi connectivity index (χ0v) is 14.7. The molecule has 2 aliphatic rings. The molecule has 0 bridgehead atoms. The van der Waals surface area contributed by atoms with Crippen molar-refractivity contribution in [1.29, 1.82) is 0 Å². The standard InChI is InChI=1S/C15H18N2O8S/c1-7(18)25-5-8-6-26-14-11(13(22)17(14)12(8)15(23)24)16-9(19)3-2-4-10(20)21/h11,14H,2-6H2,1H3,(H,16,19)(H,20,21)(H,23,24)/t11?,14-/m0/s1. The highest BCUT2D eigenvalue weighted by atomic mass is 32.2. The number of carbonyl (C=O) groups excluding carboxylic acids is 3. The Bertz CT molecular complexity index is 689. The molecule has 2 heterocycles. The monoisotopic (exact) mass is 386 g/mol. The predicted molar refractivity (Wildman–Crippen MR) is 87.8 cm³/mol. The van der Waals surface area contributed by atoms with Crippen molar-refractivity contribution < 1.29 is 38.9 Å². The zero-order chi connectivity index (χ0) is 19.4. The van der Waals surface area contributed by atoms with Gasteiger partial charge in [-0.25, -0.2) is 4.79 Å². The van der Waals surface area contributed by atoms with Gasteiger partial charge < -0.3 is 20.3 Å². The van der Waals surface area contributed by atoms with Gasteiger partial charge in [-0.2, -0.15) is 0 Å². The molecule has 0 aromatic rings. The summed E-state index contributed by atoms with van der Waals surface area (Å²) < 4.78 is 4.83. The first-order valence-corrected chi connectivity index (χ1v) is 8.81. The van der Waals surface area contributed by atoms with E-state index in [1.807, 2.05) is 0 Å². The summed E-state index contributed by atoms with van der Waals surface area (Å²) >= 11 is 1.26. The van der Waals surface area contributed by atoms with E-state index in [0.717, 1.165) is 4.90 Å². The van der Waals surface area contributed by atoms with E-state index >= 15 is 0 Å². The van der Waals surface area contributed by atoms with Crippen LogP contribution in [0.15, 0.2) is 11.3 Å². The lowest BCUT2D eigenvalue weighted by atomic mass is 10.0. The Morgan fingerprint density at radius 2 is 1.96 bits per heavy atom. The fourth-order valence-electron chi connectivity index (χ4n) is 2.63. The molecule has 1 fully saturated rings. The molecule has 0 spiro atoms. The SMILES string of the molecule is CC(=O)OCC1=C(C(=O)O)N2C(=O)C(NC(=O)CCCC(=O)O)[C@@H]2SC1. The van der Waals surface area contributed by atoms with Gasteiger partial charge >= 0.3 is 17.9 Å². The molecule has 0 aliphatic carbocycles. The largest absolute Gasteiger partial charge is 0.481 e. The number of carbonyl (C=O) groups is 5. The fourth-order valence-corrected chi connectivity index (χ4v) is 3.96. The number of rotatable bonds is 8. The minimum absolute atomic E-state index is 0.0349. The van der Waals surface area contributed by atoms with Crippen molar-refractivity contribution in [3.63, 3.8) is 0 Å². The van der Waals surface area contributed by atoms with Crippen molar-refractivity contribution in [2.75, 3.05) is 12.4 Å². The number of carboxylic acids is 2. The second kappa shape index (κ2) is 8.21. The first-order chi connectivity index (χ1) is 12.2. The van der Waals surface area contributed by atoms with Gasteiger partial charge in [0.05, 0.1) is 0 Å². The molecule has 26 heavy (non-hydrogen) atoms. The molecule has 2 atom stereocenters. The molecule has 0 aromatic heterocycles. The van der Waals surface area contributed by atoms with E-state index in [4.69, 9.17) is 9.84 Å². The number of hydrogen-bond acceptors (Lipinski definition) is 7.